The lowest BCUT2D eigenvalue weighted by Gasteiger charge is -2.41. The summed E-state index contributed by atoms with van der Waals surface area (Å²) in [4.78, 5) is 41.4. The van der Waals surface area contributed by atoms with Gasteiger partial charge < -0.3 is 64.4 Å². The number of hydrogen-bond acceptors (Lipinski definition) is 12. The molecule has 0 aromatic rings. The van der Waals surface area contributed by atoms with E-state index in [1.165, 1.54) is 263 Å². The van der Waals surface area contributed by atoms with E-state index in [1.807, 2.05) is 0 Å². The number of aliphatic hydroxyl groups is 6. The average Bonchev–Trinajstić information content (AvgIpc) is 0.812. The van der Waals surface area contributed by atoms with Crippen molar-refractivity contribution in [3.63, 3.8) is 0 Å². The van der Waals surface area contributed by atoms with Gasteiger partial charge in [0.25, 0.3) is 0 Å². The van der Waals surface area contributed by atoms with Gasteiger partial charge in [-0.1, -0.05) is 349 Å². The molecule has 3 amide bonds. The Hall–Kier alpha value is -1.77. The normalized spacial score (nSPS) is 12.5. The SMILES string of the molecule is CCCCCCCCCCCCCCCCCC(=O)NC(CO)(CO)CO[Si](CCC[N+](C)(C)CCCCCCCCCCCCCCCC)(OCC(CO)(CO)NC(=O)CCCCCCCCCCCCCCC)OCC(CO)(CO)NC(=O)CCCCCCCCCCCCCCC. The molecule has 0 heterocycles. The van der Waals surface area contributed by atoms with Crippen molar-refractivity contribution >= 4 is 26.5 Å². The van der Waals surface area contributed by atoms with Crippen molar-refractivity contribution < 1.29 is 62.8 Å². The lowest BCUT2D eigenvalue weighted by Crippen LogP contribution is -2.64. The first kappa shape index (κ1) is 98.2. The molecule has 0 aromatic heterocycles. The fraction of sp³-hybridized carbons (Fsp3) is 0.964. The zero-order chi connectivity index (χ0) is 73.7. The van der Waals surface area contributed by atoms with Crippen LogP contribution in [0.5, 0.6) is 0 Å². The molecule has 596 valence electrons. The Labute approximate surface area is 618 Å². The number of carbonyl (C=O) groups is 3. The van der Waals surface area contributed by atoms with Crippen LogP contribution in [0.3, 0.4) is 0 Å². The molecule has 0 unspecified atom stereocenters. The molecule has 0 saturated carbocycles. The van der Waals surface area contributed by atoms with Gasteiger partial charge in [-0.15, -0.1) is 0 Å². The van der Waals surface area contributed by atoms with Crippen molar-refractivity contribution in [1.82, 2.24) is 16.0 Å². The van der Waals surface area contributed by atoms with Gasteiger partial charge in [0.15, 0.2) is 0 Å². The van der Waals surface area contributed by atoms with Gasteiger partial charge in [0.05, 0.1) is 86.6 Å². The van der Waals surface area contributed by atoms with Gasteiger partial charge in [-0.3, -0.25) is 14.4 Å². The maximum atomic E-state index is 13.8. The summed E-state index contributed by atoms with van der Waals surface area (Å²) in [6.45, 7) is 5.02. The minimum atomic E-state index is -4.36. The van der Waals surface area contributed by atoms with E-state index in [4.69, 9.17) is 13.3 Å². The second-order valence-electron chi connectivity index (χ2n) is 31.8. The lowest BCUT2D eigenvalue weighted by atomic mass is 10.0. The third-order valence-electron chi connectivity index (χ3n) is 21.1. The minimum absolute atomic E-state index is 0.118. The van der Waals surface area contributed by atoms with Crippen LogP contribution in [0.25, 0.3) is 0 Å². The predicted molar refractivity (Wildman–Crippen MR) is 420 cm³/mol. The Bertz CT molecular complexity index is 1730. The molecule has 16 nitrogen and oxygen atoms in total. The summed E-state index contributed by atoms with van der Waals surface area (Å²) >= 11 is 0. The number of amides is 3. The van der Waals surface area contributed by atoms with Gasteiger partial charge in [0.1, 0.15) is 16.6 Å². The van der Waals surface area contributed by atoms with E-state index in [0.29, 0.717) is 36.7 Å². The van der Waals surface area contributed by atoms with E-state index in [0.717, 1.165) is 77.2 Å². The molecule has 0 fully saturated rings. The predicted octanol–water partition coefficient (Wildman–Crippen LogP) is 18.7. The molecule has 0 spiro atoms. The smallest absolute Gasteiger partial charge is 0.394 e. The Kier molecular flexibility index (Phi) is 67.8. The number of quaternary nitrogens is 1. The second-order valence-corrected chi connectivity index (χ2v) is 34.5. The highest BCUT2D eigenvalue weighted by Gasteiger charge is 2.49. The molecule has 17 heteroatoms. The van der Waals surface area contributed by atoms with E-state index in [9.17, 15) is 45.0 Å². The van der Waals surface area contributed by atoms with Gasteiger partial charge in [0, 0.05) is 31.7 Å². The summed E-state index contributed by atoms with van der Waals surface area (Å²) in [6.07, 6.45) is 67.1. The van der Waals surface area contributed by atoms with Crippen molar-refractivity contribution in [3.05, 3.63) is 0 Å². The van der Waals surface area contributed by atoms with Crippen molar-refractivity contribution in [2.24, 2.45) is 0 Å². The maximum Gasteiger partial charge on any atom is 0.501 e. The van der Waals surface area contributed by atoms with Gasteiger partial charge >= 0.3 is 8.80 Å². The van der Waals surface area contributed by atoms with E-state index in [1.54, 1.807) is 0 Å². The van der Waals surface area contributed by atoms with Gasteiger partial charge in [0.2, 0.25) is 17.7 Å². The molecule has 0 atom stereocenters. The Morgan fingerprint density at radius 1 is 0.270 bits per heavy atom. The van der Waals surface area contributed by atoms with Crippen molar-refractivity contribution in [2.45, 2.75) is 429 Å². The van der Waals surface area contributed by atoms with Gasteiger partial charge in [-0.2, -0.15) is 0 Å². The number of hydrogen-bond donors (Lipinski definition) is 9. The highest BCUT2D eigenvalue weighted by molar-refractivity contribution is 6.60. The van der Waals surface area contributed by atoms with Crippen molar-refractivity contribution in [3.8, 4) is 0 Å². The van der Waals surface area contributed by atoms with Crippen LogP contribution in [0.4, 0.5) is 0 Å². The van der Waals surface area contributed by atoms with Crippen LogP contribution in [-0.4, -0.2) is 165 Å². The van der Waals surface area contributed by atoms with Crippen LogP contribution in [0, 0.1) is 0 Å². The largest absolute Gasteiger partial charge is 0.501 e. The third kappa shape index (κ3) is 56.5. The molecule has 0 aliphatic carbocycles. The lowest BCUT2D eigenvalue weighted by molar-refractivity contribution is -0.890. The van der Waals surface area contributed by atoms with Crippen LogP contribution in [0.2, 0.25) is 6.04 Å². The summed E-state index contributed by atoms with van der Waals surface area (Å²) in [5.41, 5.74) is -5.08. The van der Waals surface area contributed by atoms with Crippen molar-refractivity contribution in [1.29, 1.82) is 0 Å². The minimum Gasteiger partial charge on any atom is -0.394 e. The summed E-state index contributed by atoms with van der Waals surface area (Å²) in [6, 6.07) is 0.118. The van der Waals surface area contributed by atoms with E-state index < -0.39 is 84.9 Å². The first-order chi connectivity index (χ1) is 48.6. The summed E-state index contributed by atoms with van der Waals surface area (Å²) < 4.78 is 21.4. The molecular formula is C83H169N4O12Si+. The van der Waals surface area contributed by atoms with Crippen LogP contribution >= 0.6 is 0 Å². The molecule has 0 aliphatic rings. The molecule has 0 aliphatic heterocycles. The number of nitrogens with one attached hydrogen (secondary N) is 3. The van der Waals surface area contributed by atoms with Crippen LogP contribution in [0.1, 0.15) is 407 Å². The van der Waals surface area contributed by atoms with E-state index >= 15 is 0 Å². The zero-order valence-corrected chi connectivity index (χ0v) is 67.8. The molecular weight excluding hydrogens is 1270 g/mol. The number of unbranched alkanes of at least 4 members (excludes halogenated alkanes) is 51. The molecule has 0 radical (unpaired) electrons. The summed E-state index contributed by atoms with van der Waals surface area (Å²) in [7, 11) is 0.0156. The molecule has 0 bridgehead atoms. The van der Waals surface area contributed by atoms with Gasteiger partial charge in [-0.25, -0.2) is 0 Å². The molecule has 0 aromatic carbocycles. The summed E-state index contributed by atoms with van der Waals surface area (Å²) in [5, 5.41) is 75.5. The maximum absolute atomic E-state index is 13.8. The quantitative estimate of drug-likeness (QED) is 0.0157. The highest BCUT2D eigenvalue weighted by atomic mass is 28.4. The molecule has 0 rings (SSSR count). The highest BCUT2D eigenvalue weighted by Crippen LogP contribution is 2.27. The molecule has 100 heavy (non-hydrogen) atoms. The van der Waals surface area contributed by atoms with Gasteiger partial charge in [-0.05, 0) is 32.1 Å². The Morgan fingerprint density at radius 3 is 0.630 bits per heavy atom. The number of aliphatic hydroxyl groups excluding tert-OH is 6. The van der Waals surface area contributed by atoms with Crippen LogP contribution in [-0.2, 0) is 27.7 Å². The first-order valence-electron chi connectivity index (χ1n) is 42.9. The topological polar surface area (TPSA) is 236 Å². The van der Waals surface area contributed by atoms with E-state index in [-0.39, 0.29) is 43.0 Å². The number of nitrogens with zero attached hydrogens (tertiary/aromatic N) is 1. The van der Waals surface area contributed by atoms with E-state index in [2.05, 4.69) is 57.7 Å². The monoisotopic (exact) mass is 1440 g/mol. The number of rotatable bonds is 81. The fourth-order valence-corrected chi connectivity index (χ4v) is 16.5. The second kappa shape index (κ2) is 69.0. The Balaban J connectivity index is 6.64. The first-order valence-corrected chi connectivity index (χ1v) is 44.9. The Morgan fingerprint density at radius 2 is 0.440 bits per heavy atom. The third-order valence-corrected chi connectivity index (χ3v) is 23.8. The standard InChI is InChI=1S/C83H168N4O12Si/c1-7-11-15-19-23-27-31-35-37-40-44-48-52-56-60-65-80(96)86-83(73-92,74-93)77-99-100(68-62-67-87(5,6)66-61-57-53-49-45-41-36-32-28-24-20-16-12-8-2,97-75-81(69-88,70-89)84-78(94)63-58-54-50-46-42-38-33-29-25-21-17-13-9-3)98-76-82(71-90,72-91)85-79(95)64-59-55-51-47-43-39-34-30-26-22-18-14-10-4/h88-93H,7-77H2,1-6H3,(H2-,84,85,86,94,95,96)/p+1. The average molecular weight is 1440 g/mol. The fourth-order valence-electron chi connectivity index (χ4n) is 13.8. The zero-order valence-electron chi connectivity index (χ0n) is 66.8. The summed E-state index contributed by atoms with van der Waals surface area (Å²) in [5.74, 6) is -1.06. The molecule has 9 N–H and O–H groups in total. The van der Waals surface area contributed by atoms with Crippen molar-refractivity contribution in [2.75, 3.05) is 86.6 Å². The number of carbonyl (C=O) groups excluding carboxylic acids is 3. The van der Waals surface area contributed by atoms with Crippen LogP contribution < -0.4 is 16.0 Å². The van der Waals surface area contributed by atoms with Crippen LogP contribution in [0.15, 0.2) is 0 Å². The molecule has 0 saturated heterocycles.